The quantitative estimate of drug-likeness (QED) is 0.932. The van der Waals surface area contributed by atoms with Crippen LogP contribution in [0.4, 0.5) is 4.79 Å². The van der Waals surface area contributed by atoms with E-state index >= 15 is 0 Å². The second kappa shape index (κ2) is 7.17. The maximum atomic E-state index is 12.5. The Balaban J connectivity index is 1.62. The van der Waals surface area contributed by atoms with E-state index in [-0.39, 0.29) is 17.9 Å². The van der Waals surface area contributed by atoms with E-state index < -0.39 is 0 Å². The van der Waals surface area contributed by atoms with Crippen molar-refractivity contribution in [1.82, 2.24) is 15.1 Å². The standard InChI is InChI=1S/C19H25N3O3/c1-13-15-8-4-5-9-16(15)25-17(13)11-20-18(23)14-7-6-10-22(12-14)19(24)21(2)3/h4-5,8-9,14H,6-7,10-12H2,1-3H3,(H,20,23)/t14-/m1/s1. The van der Waals surface area contributed by atoms with Gasteiger partial charge in [0.2, 0.25) is 5.91 Å². The highest BCUT2D eigenvalue weighted by Gasteiger charge is 2.29. The molecular formula is C19H25N3O3. The molecule has 6 heteroatoms. The molecule has 25 heavy (non-hydrogen) atoms. The van der Waals surface area contributed by atoms with Crippen molar-refractivity contribution in [3.05, 3.63) is 35.6 Å². The predicted molar refractivity (Wildman–Crippen MR) is 96.2 cm³/mol. The van der Waals surface area contributed by atoms with E-state index in [1.807, 2.05) is 31.2 Å². The van der Waals surface area contributed by atoms with E-state index in [9.17, 15) is 9.59 Å². The molecule has 1 aromatic heterocycles. The number of amides is 3. The summed E-state index contributed by atoms with van der Waals surface area (Å²) in [6.07, 6.45) is 1.66. The van der Waals surface area contributed by atoms with E-state index in [0.29, 0.717) is 19.6 Å². The number of piperidine rings is 1. The molecule has 1 aliphatic rings. The van der Waals surface area contributed by atoms with Crippen molar-refractivity contribution in [3.63, 3.8) is 0 Å². The van der Waals surface area contributed by atoms with Gasteiger partial charge in [-0.1, -0.05) is 18.2 Å². The molecule has 0 radical (unpaired) electrons. The summed E-state index contributed by atoms with van der Waals surface area (Å²) in [6.45, 7) is 3.56. The zero-order valence-corrected chi connectivity index (χ0v) is 15.0. The van der Waals surface area contributed by atoms with Crippen LogP contribution >= 0.6 is 0 Å². The Hall–Kier alpha value is -2.50. The lowest BCUT2D eigenvalue weighted by molar-refractivity contribution is -0.126. The van der Waals surface area contributed by atoms with Crippen LogP contribution in [0.5, 0.6) is 0 Å². The van der Waals surface area contributed by atoms with Crippen LogP contribution in [0.1, 0.15) is 24.2 Å². The number of rotatable bonds is 3. The van der Waals surface area contributed by atoms with Crippen molar-refractivity contribution >= 4 is 22.9 Å². The molecule has 0 unspecified atom stereocenters. The molecular weight excluding hydrogens is 318 g/mol. The third-order valence-electron chi connectivity index (χ3n) is 4.81. The van der Waals surface area contributed by atoms with Gasteiger partial charge < -0.3 is 19.5 Å². The first kappa shape index (κ1) is 17.3. The van der Waals surface area contributed by atoms with Crippen LogP contribution in [0.3, 0.4) is 0 Å². The van der Waals surface area contributed by atoms with Gasteiger partial charge in [0.25, 0.3) is 0 Å². The van der Waals surface area contributed by atoms with Crippen LogP contribution in [-0.2, 0) is 11.3 Å². The molecule has 0 aliphatic carbocycles. The summed E-state index contributed by atoms with van der Waals surface area (Å²) in [5.74, 6) is 0.602. The number of nitrogens with one attached hydrogen (secondary N) is 1. The van der Waals surface area contributed by atoms with Gasteiger partial charge in [0.05, 0.1) is 12.5 Å². The van der Waals surface area contributed by atoms with Gasteiger partial charge in [-0.15, -0.1) is 0 Å². The average Bonchev–Trinajstić information content (AvgIpc) is 2.95. The number of fused-ring (bicyclic) bond motifs is 1. The molecule has 0 spiro atoms. The number of carbonyl (C=O) groups is 2. The SMILES string of the molecule is Cc1c(CNC(=O)[C@@H]2CCCN(C(=O)N(C)C)C2)oc2ccccc12. The van der Waals surface area contributed by atoms with E-state index in [1.54, 1.807) is 23.9 Å². The number of furan rings is 1. The van der Waals surface area contributed by atoms with Crippen molar-refractivity contribution in [1.29, 1.82) is 0 Å². The maximum Gasteiger partial charge on any atom is 0.319 e. The average molecular weight is 343 g/mol. The third kappa shape index (κ3) is 3.62. The van der Waals surface area contributed by atoms with Gasteiger partial charge in [-0.2, -0.15) is 0 Å². The first-order valence-corrected chi connectivity index (χ1v) is 8.68. The number of carbonyl (C=O) groups excluding carboxylic acids is 2. The Bertz CT molecular complexity index is 781. The van der Waals surface area contributed by atoms with Gasteiger partial charge in [0, 0.05) is 38.1 Å². The van der Waals surface area contributed by atoms with Crippen molar-refractivity contribution < 1.29 is 14.0 Å². The lowest BCUT2D eigenvalue weighted by Gasteiger charge is -2.33. The van der Waals surface area contributed by atoms with Gasteiger partial charge >= 0.3 is 6.03 Å². The number of likely N-dealkylation sites (tertiary alicyclic amines) is 1. The fraction of sp³-hybridized carbons (Fsp3) is 0.474. The molecule has 3 rings (SSSR count). The highest BCUT2D eigenvalue weighted by molar-refractivity contribution is 5.83. The normalized spacial score (nSPS) is 17.6. The molecule has 1 atom stereocenters. The molecule has 0 bridgehead atoms. The van der Waals surface area contributed by atoms with Crippen LogP contribution in [0.15, 0.2) is 28.7 Å². The molecule has 1 aromatic carbocycles. The predicted octanol–water partition coefficient (Wildman–Crippen LogP) is 2.75. The summed E-state index contributed by atoms with van der Waals surface area (Å²) >= 11 is 0. The van der Waals surface area contributed by atoms with Crippen LogP contribution in [0.25, 0.3) is 11.0 Å². The van der Waals surface area contributed by atoms with E-state index in [1.165, 1.54) is 0 Å². The number of hydrogen-bond acceptors (Lipinski definition) is 3. The smallest absolute Gasteiger partial charge is 0.319 e. The Labute approximate surface area is 147 Å². The molecule has 6 nitrogen and oxygen atoms in total. The van der Waals surface area contributed by atoms with Crippen LogP contribution in [0, 0.1) is 12.8 Å². The zero-order valence-electron chi connectivity index (χ0n) is 15.0. The zero-order chi connectivity index (χ0) is 18.0. The summed E-state index contributed by atoms with van der Waals surface area (Å²) in [7, 11) is 3.47. The van der Waals surface area contributed by atoms with Crippen molar-refractivity contribution in [2.24, 2.45) is 5.92 Å². The van der Waals surface area contributed by atoms with Crippen molar-refractivity contribution in [2.75, 3.05) is 27.2 Å². The maximum absolute atomic E-state index is 12.5. The molecule has 134 valence electrons. The molecule has 3 amide bonds. The summed E-state index contributed by atoms with van der Waals surface area (Å²) < 4.78 is 5.84. The Kier molecular flexibility index (Phi) is 4.97. The molecule has 1 aliphatic heterocycles. The number of nitrogens with zero attached hydrogens (tertiary/aromatic N) is 2. The van der Waals surface area contributed by atoms with Gasteiger partial charge in [-0.3, -0.25) is 4.79 Å². The second-order valence-electron chi connectivity index (χ2n) is 6.83. The van der Waals surface area contributed by atoms with Crippen LogP contribution in [0.2, 0.25) is 0 Å². The van der Waals surface area contributed by atoms with Gasteiger partial charge in [0.1, 0.15) is 11.3 Å². The minimum atomic E-state index is -0.165. The molecule has 2 heterocycles. The topological polar surface area (TPSA) is 65.8 Å². The fourth-order valence-corrected chi connectivity index (χ4v) is 3.35. The summed E-state index contributed by atoms with van der Waals surface area (Å²) in [5, 5.41) is 4.05. The van der Waals surface area contributed by atoms with Gasteiger partial charge in [-0.25, -0.2) is 4.79 Å². The fourth-order valence-electron chi connectivity index (χ4n) is 3.35. The van der Waals surface area contributed by atoms with Gasteiger partial charge in [0.15, 0.2) is 0 Å². The largest absolute Gasteiger partial charge is 0.459 e. The molecule has 2 aromatic rings. The highest BCUT2D eigenvalue weighted by atomic mass is 16.3. The number of urea groups is 1. The number of para-hydroxylation sites is 1. The van der Waals surface area contributed by atoms with E-state index in [2.05, 4.69) is 5.32 Å². The van der Waals surface area contributed by atoms with E-state index in [0.717, 1.165) is 35.1 Å². The van der Waals surface area contributed by atoms with Crippen LogP contribution in [-0.4, -0.2) is 48.9 Å². The van der Waals surface area contributed by atoms with Crippen LogP contribution < -0.4 is 5.32 Å². The number of benzene rings is 1. The Morgan fingerprint density at radius 2 is 2.08 bits per heavy atom. The Morgan fingerprint density at radius 3 is 2.80 bits per heavy atom. The molecule has 1 N–H and O–H groups in total. The third-order valence-corrected chi connectivity index (χ3v) is 4.81. The molecule has 0 saturated carbocycles. The molecule has 1 fully saturated rings. The van der Waals surface area contributed by atoms with Crippen molar-refractivity contribution in [2.45, 2.75) is 26.3 Å². The first-order chi connectivity index (χ1) is 12.0. The summed E-state index contributed by atoms with van der Waals surface area (Å²) in [5.41, 5.74) is 1.90. The number of aryl methyl sites for hydroxylation is 1. The lowest BCUT2D eigenvalue weighted by atomic mass is 9.97. The minimum Gasteiger partial charge on any atom is -0.459 e. The molecule has 1 saturated heterocycles. The Morgan fingerprint density at radius 1 is 1.32 bits per heavy atom. The highest BCUT2D eigenvalue weighted by Crippen LogP contribution is 2.25. The summed E-state index contributed by atoms with van der Waals surface area (Å²) in [6, 6.07) is 7.83. The first-order valence-electron chi connectivity index (χ1n) is 8.68. The monoisotopic (exact) mass is 343 g/mol. The van der Waals surface area contributed by atoms with E-state index in [4.69, 9.17) is 4.42 Å². The summed E-state index contributed by atoms with van der Waals surface area (Å²) in [4.78, 5) is 27.9. The second-order valence-corrected chi connectivity index (χ2v) is 6.83. The lowest BCUT2D eigenvalue weighted by Crippen LogP contribution is -2.48. The number of hydrogen-bond donors (Lipinski definition) is 1. The minimum absolute atomic E-state index is 0.0175. The van der Waals surface area contributed by atoms with Crippen molar-refractivity contribution in [3.8, 4) is 0 Å². The van der Waals surface area contributed by atoms with Gasteiger partial charge in [-0.05, 0) is 25.8 Å².